The second-order valence-corrected chi connectivity index (χ2v) is 3.92. The van der Waals surface area contributed by atoms with Gasteiger partial charge in [-0.25, -0.2) is 19.2 Å². The van der Waals surface area contributed by atoms with Crippen molar-refractivity contribution in [3.63, 3.8) is 0 Å². The Bertz CT molecular complexity index is 661. The van der Waals surface area contributed by atoms with E-state index in [0.29, 0.717) is 5.69 Å². The molecule has 2 aromatic rings. The average Bonchev–Trinajstić information content (AvgIpc) is 2.48. The van der Waals surface area contributed by atoms with E-state index in [0.717, 1.165) is 0 Å². The highest BCUT2D eigenvalue weighted by molar-refractivity contribution is 5.96. The van der Waals surface area contributed by atoms with Gasteiger partial charge in [0, 0.05) is 18.1 Å². The van der Waals surface area contributed by atoms with Crippen molar-refractivity contribution < 1.29 is 18.7 Å². The Kier molecular flexibility index (Phi) is 4.39. The average molecular weight is 290 g/mol. The van der Waals surface area contributed by atoms with Gasteiger partial charge in [0.1, 0.15) is 5.82 Å². The fourth-order valence-electron chi connectivity index (χ4n) is 1.44. The van der Waals surface area contributed by atoms with Crippen LogP contribution in [0.1, 0.15) is 10.5 Å². The topological polar surface area (TPSA) is 107 Å². The first kappa shape index (κ1) is 14.4. The van der Waals surface area contributed by atoms with Crippen LogP contribution in [0.25, 0.3) is 0 Å². The fourth-order valence-corrected chi connectivity index (χ4v) is 1.44. The molecule has 0 aliphatic heterocycles. The molecule has 1 heterocycles. The molecular weight excluding hydrogens is 279 g/mol. The lowest BCUT2D eigenvalue weighted by Crippen LogP contribution is -2.22. The van der Waals surface area contributed by atoms with Crippen molar-refractivity contribution in [2.75, 3.05) is 17.7 Å². The fraction of sp³-hybridized carbons (Fsp3) is 0.0769. The summed E-state index contributed by atoms with van der Waals surface area (Å²) in [5.74, 6) is -1.92. The molecule has 1 amide bonds. The van der Waals surface area contributed by atoms with E-state index in [4.69, 9.17) is 10.5 Å². The van der Waals surface area contributed by atoms with E-state index in [9.17, 15) is 14.0 Å². The van der Waals surface area contributed by atoms with E-state index >= 15 is 0 Å². The Morgan fingerprint density at radius 3 is 2.52 bits per heavy atom. The van der Waals surface area contributed by atoms with Gasteiger partial charge in [-0.15, -0.1) is 0 Å². The molecule has 8 heteroatoms. The number of hydrogen-bond acceptors (Lipinski definition) is 6. The molecule has 0 spiro atoms. The summed E-state index contributed by atoms with van der Waals surface area (Å²) in [7, 11) is 0. The molecule has 2 rings (SSSR count). The molecule has 0 saturated heterocycles. The van der Waals surface area contributed by atoms with Gasteiger partial charge in [0.05, 0.1) is 0 Å². The van der Waals surface area contributed by atoms with Gasteiger partial charge >= 0.3 is 5.97 Å². The molecule has 0 aliphatic rings. The van der Waals surface area contributed by atoms with E-state index in [1.165, 1.54) is 36.7 Å². The van der Waals surface area contributed by atoms with Gasteiger partial charge in [0.15, 0.2) is 18.1 Å². The first-order chi connectivity index (χ1) is 10.1. The van der Waals surface area contributed by atoms with E-state index in [2.05, 4.69) is 15.3 Å². The van der Waals surface area contributed by atoms with Crippen molar-refractivity contribution in [1.29, 1.82) is 0 Å². The number of anilines is 2. The molecule has 108 valence electrons. The van der Waals surface area contributed by atoms with Crippen LogP contribution in [0.5, 0.6) is 0 Å². The number of nitrogens with zero attached hydrogens (tertiary/aromatic N) is 2. The zero-order valence-corrected chi connectivity index (χ0v) is 10.7. The zero-order valence-electron chi connectivity index (χ0n) is 10.7. The Morgan fingerprint density at radius 2 is 1.86 bits per heavy atom. The van der Waals surface area contributed by atoms with Gasteiger partial charge in [-0.1, -0.05) is 0 Å². The summed E-state index contributed by atoms with van der Waals surface area (Å²) in [6, 6.07) is 5.16. The molecule has 3 N–H and O–H groups in total. The summed E-state index contributed by atoms with van der Waals surface area (Å²) in [5, 5.41) is 2.44. The van der Waals surface area contributed by atoms with Crippen LogP contribution in [0.2, 0.25) is 0 Å². The first-order valence-corrected chi connectivity index (χ1v) is 5.85. The van der Waals surface area contributed by atoms with Gasteiger partial charge < -0.3 is 15.8 Å². The number of esters is 1. The maximum atomic E-state index is 12.7. The SMILES string of the molecule is Nc1nccnc1C(=O)OCC(=O)Nc1ccc(F)cc1. The minimum absolute atomic E-state index is 0.0820. The molecule has 1 aromatic carbocycles. The van der Waals surface area contributed by atoms with Crippen LogP contribution in [-0.4, -0.2) is 28.5 Å². The molecule has 0 aliphatic carbocycles. The number of hydrogen-bond donors (Lipinski definition) is 2. The van der Waals surface area contributed by atoms with Crippen molar-refractivity contribution >= 4 is 23.4 Å². The zero-order chi connectivity index (χ0) is 15.2. The predicted octanol–water partition coefficient (Wildman–Crippen LogP) is 0.993. The maximum Gasteiger partial charge on any atom is 0.361 e. The highest BCUT2D eigenvalue weighted by atomic mass is 19.1. The van der Waals surface area contributed by atoms with Crippen LogP contribution in [0, 0.1) is 5.82 Å². The summed E-state index contributed by atoms with van der Waals surface area (Å²) < 4.78 is 17.5. The highest BCUT2D eigenvalue weighted by Gasteiger charge is 2.15. The summed E-state index contributed by atoms with van der Waals surface area (Å²) in [6.07, 6.45) is 2.61. The van der Waals surface area contributed by atoms with Crippen molar-refractivity contribution in [1.82, 2.24) is 9.97 Å². The molecule has 0 unspecified atom stereocenters. The summed E-state index contributed by atoms with van der Waals surface area (Å²) >= 11 is 0. The summed E-state index contributed by atoms with van der Waals surface area (Å²) in [6.45, 7) is -0.522. The third kappa shape index (κ3) is 3.96. The van der Waals surface area contributed by atoms with Crippen molar-refractivity contribution in [3.8, 4) is 0 Å². The molecule has 0 bridgehead atoms. The maximum absolute atomic E-state index is 12.7. The van der Waals surface area contributed by atoms with Gasteiger partial charge in [0.2, 0.25) is 0 Å². The molecule has 21 heavy (non-hydrogen) atoms. The number of nitrogens with two attached hydrogens (primary N) is 1. The molecule has 1 aromatic heterocycles. The number of amides is 1. The van der Waals surface area contributed by atoms with Crippen LogP contribution in [0.15, 0.2) is 36.7 Å². The molecule has 0 fully saturated rings. The number of nitrogen functional groups attached to an aromatic ring is 1. The Morgan fingerprint density at radius 1 is 1.19 bits per heavy atom. The van der Waals surface area contributed by atoms with E-state index in [1.807, 2.05) is 0 Å². The van der Waals surface area contributed by atoms with E-state index in [-0.39, 0.29) is 11.5 Å². The smallest absolute Gasteiger partial charge is 0.361 e. The van der Waals surface area contributed by atoms with Gasteiger partial charge in [-0.3, -0.25) is 4.79 Å². The molecular formula is C13H11FN4O3. The van der Waals surface area contributed by atoms with Crippen LogP contribution in [-0.2, 0) is 9.53 Å². The van der Waals surface area contributed by atoms with Crippen LogP contribution >= 0.6 is 0 Å². The molecule has 7 nitrogen and oxygen atoms in total. The van der Waals surface area contributed by atoms with Crippen molar-refractivity contribution in [3.05, 3.63) is 48.2 Å². The lowest BCUT2D eigenvalue weighted by atomic mass is 10.3. The van der Waals surface area contributed by atoms with Gasteiger partial charge in [0.25, 0.3) is 5.91 Å². The highest BCUT2D eigenvalue weighted by Crippen LogP contribution is 2.08. The quantitative estimate of drug-likeness (QED) is 0.813. The Balaban J connectivity index is 1.88. The van der Waals surface area contributed by atoms with Crippen LogP contribution in [0.3, 0.4) is 0 Å². The first-order valence-electron chi connectivity index (χ1n) is 5.85. The molecule has 0 saturated carbocycles. The lowest BCUT2D eigenvalue weighted by Gasteiger charge is -2.06. The van der Waals surface area contributed by atoms with E-state index < -0.39 is 24.3 Å². The molecule has 0 radical (unpaired) electrons. The second-order valence-electron chi connectivity index (χ2n) is 3.92. The Labute approximate surface area is 119 Å². The van der Waals surface area contributed by atoms with Gasteiger partial charge in [-0.05, 0) is 24.3 Å². The lowest BCUT2D eigenvalue weighted by molar-refractivity contribution is -0.119. The second kappa shape index (κ2) is 6.42. The van der Waals surface area contributed by atoms with Crippen LogP contribution < -0.4 is 11.1 Å². The van der Waals surface area contributed by atoms with Crippen LogP contribution in [0.4, 0.5) is 15.9 Å². The number of halogens is 1. The largest absolute Gasteiger partial charge is 0.451 e. The minimum Gasteiger partial charge on any atom is -0.451 e. The number of ether oxygens (including phenoxy) is 1. The number of benzene rings is 1. The third-order valence-electron chi connectivity index (χ3n) is 2.38. The predicted molar refractivity (Wildman–Crippen MR) is 71.8 cm³/mol. The number of nitrogens with one attached hydrogen (secondary N) is 1. The summed E-state index contributed by atoms with van der Waals surface area (Å²) in [4.78, 5) is 30.6. The Hall–Kier alpha value is -3.03. The van der Waals surface area contributed by atoms with Crippen molar-refractivity contribution in [2.45, 2.75) is 0 Å². The number of carbonyl (C=O) groups is 2. The summed E-state index contributed by atoms with van der Waals surface area (Å²) in [5.41, 5.74) is 5.68. The molecule has 0 atom stereocenters. The monoisotopic (exact) mass is 290 g/mol. The minimum atomic E-state index is -0.852. The third-order valence-corrected chi connectivity index (χ3v) is 2.38. The normalized spacial score (nSPS) is 9.95. The standard InChI is InChI=1S/C13H11FN4O3/c14-8-1-3-9(4-2-8)18-10(19)7-21-13(20)11-12(15)17-6-5-16-11/h1-6H,7H2,(H2,15,17)(H,18,19). The number of rotatable bonds is 4. The van der Waals surface area contributed by atoms with Crippen molar-refractivity contribution in [2.24, 2.45) is 0 Å². The number of carbonyl (C=O) groups excluding carboxylic acids is 2. The van der Waals surface area contributed by atoms with Gasteiger partial charge in [-0.2, -0.15) is 0 Å². The number of aromatic nitrogens is 2. The van der Waals surface area contributed by atoms with E-state index in [1.54, 1.807) is 0 Å².